The topological polar surface area (TPSA) is 95.9 Å². The summed E-state index contributed by atoms with van der Waals surface area (Å²) in [4.78, 5) is 24.5. The van der Waals surface area contributed by atoms with E-state index in [9.17, 15) is 19.8 Å². The molecule has 3 N–H and O–H groups in total. The minimum absolute atomic E-state index is 0.00182. The van der Waals surface area contributed by atoms with Crippen molar-refractivity contribution in [3.8, 4) is 0 Å². The smallest absolute Gasteiger partial charge is 0.305 e. The molecule has 2 atom stereocenters. The monoisotopic (exact) mass is 916 g/mol. The van der Waals surface area contributed by atoms with Gasteiger partial charge in [-0.05, 0) is 57.8 Å². The van der Waals surface area contributed by atoms with E-state index in [1.807, 2.05) is 0 Å². The van der Waals surface area contributed by atoms with E-state index in [-0.39, 0.29) is 18.5 Å². The molecule has 0 aromatic carbocycles. The van der Waals surface area contributed by atoms with Gasteiger partial charge in [-0.25, -0.2) is 0 Å². The van der Waals surface area contributed by atoms with Crippen LogP contribution in [0.1, 0.15) is 316 Å². The molecule has 0 aromatic rings. The lowest BCUT2D eigenvalue weighted by Crippen LogP contribution is -2.45. The van der Waals surface area contributed by atoms with Crippen molar-refractivity contribution in [2.45, 2.75) is 328 Å². The molecule has 0 aromatic heterocycles. The number of aliphatic hydroxyl groups is 2. The molecule has 0 radical (unpaired) electrons. The highest BCUT2D eigenvalue weighted by Gasteiger charge is 2.20. The van der Waals surface area contributed by atoms with E-state index in [1.54, 1.807) is 0 Å². The maximum absolute atomic E-state index is 12.4. The van der Waals surface area contributed by atoms with Gasteiger partial charge >= 0.3 is 5.97 Å². The third-order valence-corrected chi connectivity index (χ3v) is 13.5. The van der Waals surface area contributed by atoms with Crippen LogP contribution in [0.5, 0.6) is 0 Å². The number of carbonyl (C=O) groups excluding carboxylic acids is 2. The van der Waals surface area contributed by atoms with Gasteiger partial charge in [-0.2, -0.15) is 0 Å². The Morgan fingerprint density at radius 2 is 0.769 bits per heavy atom. The van der Waals surface area contributed by atoms with Crippen LogP contribution in [0.15, 0.2) is 24.3 Å². The van der Waals surface area contributed by atoms with Crippen LogP contribution in [0, 0.1) is 0 Å². The molecule has 0 aliphatic carbocycles. The minimum atomic E-state index is -0.667. The average Bonchev–Trinajstić information content (AvgIpc) is 3.31. The molecular formula is C59H113NO5. The number of aliphatic hydroxyl groups excluding tert-OH is 2. The second-order valence-corrected chi connectivity index (χ2v) is 20.0. The molecule has 6 nitrogen and oxygen atoms in total. The van der Waals surface area contributed by atoms with E-state index in [1.165, 1.54) is 231 Å². The molecule has 0 heterocycles. The van der Waals surface area contributed by atoms with E-state index in [0.717, 1.165) is 51.4 Å². The van der Waals surface area contributed by atoms with Crippen LogP contribution < -0.4 is 5.32 Å². The van der Waals surface area contributed by atoms with Gasteiger partial charge in [-0.3, -0.25) is 9.59 Å². The number of rotatable bonds is 54. The lowest BCUT2D eigenvalue weighted by atomic mass is 10.0. The number of amides is 1. The summed E-state index contributed by atoms with van der Waals surface area (Å²) in [5, 5.41) is 23.2. The Morgan fingerprint density at radius 1 is 0.431 bits per heavy atom. The van der Waals surface area contributed by atoms with Crippen molar-refractivity contribution in [1.29, 1.82) is 0 Å². The first-order chi connectivity index (χ1) is 32.0. The van der Waals surface area contributed by atoms with Crippen LogP contribution >= 0.6 is 0 Å². The van der Waals surface area contributed by atoms with Crippen molar-refractivity contribution in [2.75, 3.05) is 13.2 Å². The molecule has 6 heteroatoms. The summed E-state index contributed by atoms with van der Waals surface area (Å²) in [5.74, 6) is -0.0384. The summed E-state index contributed by atoms with van der Waals surface area (Å²) in [6.45, 7) is 4.92. The van der Waals surface area contributed by atoms with Gasteiger partial charge < -0.3 is 20.3 Å². The summed E-state index contributed by atoms with van der Waals surface area (Å²) in [6, 6.07) is -0.544. The average molecular weight is 917 g/mol. The molecule has 0 saturated heterocycles. The number of hydrogen-bond acceptors (Lipinski definition) is 5. The highest BCUT2D eigenvalue weighted by molar-refractivity contribution is 5.76. The van der Waals surface area contributed by atoms with Crippen LogP contribution in [0.25, 0.3) is 0 Å². The zero-order chi connectivity index (χ0) is 47.2. The molecule has 384 valence electrons. The molecule has 0 rings (SSSR count). The van der Waals surface area contributed by atoms with Crippen LogP contribution in [0.4, 0.5) is 0 Å². The number of esters is 1. The van der Waals surface area contributed by atoms with Gasteiger partial charge in [0.25, 0.3) is 0 Å². The first kappa shape index (κ1) is 63.3. The molecule has 0 fully saturated rings. The fourth-order valence-electron chi connectivity index (χ4n) is 9.02. The fourth-order valence-corrected chi connectivity index (χ4v) is 9.02. The summed E-state index contributed by atoms with van der Waals surface area (Å²) in [6.07, 6.45) is 65.9. The Bertz CT molecular complexity index is 1010. The van der Waals surface area contributed by atoms with E-state index < -0.39 is 12.1 Å². The van der Waals surface area contributed by atoms with Crippen molar-refractivity contribution in [2.24, 2.45) is 0 Å². The maximum atomic E-state index is 12.4. The van der Waals surface area contributed by atoms with Crippen LogP contribution in [0.2, 0.25) is 0 Å². The zero-order valence-corrected chi connectivity index (χ0v) is 43.7. The summed E-state index contributed by atoms with van der Waals surface area (Å²) >= 11 is 0. The highest BCUT2D eigenvalue weighted by atomic mass is 16.5. The zero-order valence-electron chi connectivity index (χ0n) is 43.7. The van der Waals surface area contributed by atoms with Gasteiger partial charge in [-0.15, -0.1) is 0 Å². The Kier molecular flexibility index (Phi) is 53.5. The van der Waals surface area contributed by atoms with Crippen molar-refractivity contribution in [3.05, 3.63) is 24.3 Å². The second kappa shape index (κ2) is 54.9. The molecule has 1 amide bonds. The van der Waals surface area contributed by atoms with Gasteiger partial charge in [0.05, 0.1) is 25.4 Å². The third kappa shape index (κ3) is 51.6. The molecule has 0 aliphatic heterocycles. The molecule has 0 bridgehead atoms. The predicted molar refractivity (Wildman–Crippen MR) is 283 cm³/mol. The first-order valence-corrected chi connectivity index (χ1v) is 29.1. The summed E-state index contributed by atoms with van der Waals surface area (Å²) in [5.41, 5.74) is 0. The number of hydrogen-bond donors (Lipinski definition) is 3. The SMILES string of the molecule is CCCCC/C=C\C/C=C\CCCCCCCCCCCC(=O)OCCCCCCCCCCCCCCCCCCCC(=O)NC(CO)C(O)CCCCCCCCCCCCCC. The molecule has 0 saturated carbocycles. The maximum Gasteiger partial charge on any atom is 0.305 e. The minimum Gasteiger partial charge on any atom is -0.466 e. The van der Waals surface area contributed by atoms with Gasteiger partial charge in [0.15, 0.2) is 0 Å². The highest BCUT2D eigenvalue weighted by Crippen LogP contribution is 2.17. The normalized spacial score (nSPS) is 12.7. The van der Waals surface area contributed by atoms with Crippen molar-refractivity contribution in [3.63, 3.8) is 0 Å². The van der Waals surface area contributed by atoms with Crippen LogP contribution in [-0.2, 0) is 14.3 Å². The van der Waals surface area contributed by atoms with Crippen molar-refractivity contribution >= 4 is 11.9 Å². The van der Waals surface area contributed by atoms with E-state index in [0.29, 0.717) is 25.9 Å². The third-order valence-electron chi connectivity index (χ3n) is 13.5. The van der Waals surface area contributed by atoms with Crippen molar-refractivity contribution < 1.29 is 24.5 Å². The lowest BCUT2D eigenvalue weighted by Gasteiger charge is -2.22. The first-order valence-electron chi connectivity index (χ1n) is 29.1. The molecule has 0 aliphatic rings. The van der Waals surface area contributed by atoms with Gasteiger partial charge in [-0.1, -0.05) is 269 Å². The molecular weight excluding hydrogens is 803 g/mol. The Balaban J connectivity index is 3.39. The van der Waals surface area contributed by atoms with Crippen LogP contribution in [0.3, 0.4) is 0 Å². The van der Waals surface area contributed by atoms with Gasteiger partial charge in [0.2, 0.25) is 5.91 Å². The van der Waals surface area contributed by atoms with Crippen LogP contribution in [-0.4, -0.2) is 47.4 Å². The Morgan fingerprint density at radius 3 is 1.20 bits per heavy atom. The standard InChI is InChI=1S/C59H113NO5/c1-3-5-7-9-11-13-15-17-18-19-20-23-26-29-33-37-41-45-49-53-59(64)65-54-50-46-42-38-34-30-27-24-21-22-25-28-32-36-40-44-48-52-58(63)60-56(55-61)57(62)51-47-43-39-35-31-16-14-12-10-8-6-4-2/h11,13,17-18,56-57,61-62H,3-10,12,14-16,19-55H2,1-2H3,(H,60,63)/b13-11-,18-17-. The van der Waals surface area contributed by atoms with E-state index >= 15 is 0 Å². The van der Waals surface area contributed by atoms with Gasteiger partial charge in [0, 0.05) is 12.8 Å². The number of allylic oxidation sites excluding steroid dienone is 4. The Hall–Kier alpha value is -1.66. The van der Waals surface area contributed by atoms with Crippen molar-refractivity contribution in [1.82, 2.24) is 5.32 Å². The number of carbonyl (C=O) groups is 2. The number of unbranched alkanes of at least 4 members (excludes halogenated alkanes) is 39. The fraction of sp³-hybridized carbons (Fsp3) is 0.898. The number of ether oxygens (including phenoxy) is 1. The quantitative estimate of drug-likeness (QED) is 0.0321. The lowest BCUT2D eigenvalue weighted by molar-refractivity contribution is -0.143. The molecule has 0 spiro atoms. The Labute approximate surface area is 405 Å². The predicted octanol–water partition coefficient (Wildman–Crippen LogP) is 17.9. The van der Waals surface area contributed by atoms with E-state index in [2.05, 4.69) is 43.5 Å². The van der Waals surface area contributed by atoms with E-state index in [4.69, 9.17) is 4.74 Å². The summed E-state index contributed by atoms with van der Waals surface area (Å²) in [7, 11) is 0. The summed E-state index contributed by atoms with van der Waals surface area (Å²) < 4.78 is 5.49. The molecule has 2 unspecified atom stereocenters. The largest absolute Gasteiger partial charge is 0.466 e. The van der Waals surface area contributed by atoms with Gasteiger partial charge in [0.1, 0.15) is 0 Å². The number of nitrogens with one attached hydrogen (secondary N) is 1. The second-order valence-electron chi connectivity index (χ2n) is 20.0. The molecule has 65 heavy (non-hydrogen) atoms.